The summed E-state index contributed by atoms with van der Waals surface area (Å²) in [4.78, 5) is 29.6. The maximum atomic E-state index is 12.8. The molecule has 0 saturated carbocycles. The standard InChI is InChI=1S/C15H18N6O2/c1-3-20-11-12(17-14(20)18-16)19(2)15(23)21(13(11)22)9-10-7-5-4-6-8-10/h4-8H,3,9,16H2,1-2H3,(H,17,18). The third kappa shape index (κ3) is 2.33. The largest absolute Gasteiger partial charge is 0.332 e. The summed E-state index contributed by atoms with van der Waals surface area (Å²) in [5, 5.41) is 0. The number of hydrogen-bond donors (Lipinski definition) is 2. The highest BCUT2D eigenvalue weighted by Crippen LogP contribution is 2.14. The highest BCUT2D eigenvalue weighted by Gasteiger charge is 2.19. The predicted molar refractivity (Wildman–Crippen MR) is 88.3 cm³/mol. The molecule has 0 fully saturated rings. The summed E-state index contributed by atoms with van der Waals surface area (Å²) in [6.07, 6.45) is 0. The van der Waals surface area contributed by atoms with Gasteiger partial charge < -0.3 is 4.57 Å². The van der Waals surface area contributed by atoms with Crippen molar-refractivity contribution in [2.75, 3.05) is 5.43 Å². The van der Waals surface area contributed by atoms with Crippen molar-refractivity contribution in [2.24, 2.45) is 12.9 Å². The number of nitrogen functional groups attached to an aromatic ring is 1. The molecule has 0 radical (unpaired) electrons. The fourth-order valence-corrected chi connectivity index (χ4v) is 2.70. The third-order valence-electron chi connectivity index (χ3n) is 3.86. The highest BCUT2D eigenvalue weighted by molar-refractivity contribution is 5.74. The Morgan fingerprint density at radius 2 is 1.87 bits per heavy atom. The quantitative estimate of drug-likeness (QED) is 0.531. The van der Waals surface area contributed by atoms with E-state index in [-0.39, 0.29) is 12.1 Å². The van der Waals surface area contributed by atoms with Crippen LogP contribution in [0, 0.1) is 0 Å². The lowest BCUT2D eigenvalue weighted by atomic mass is 10.2. The molecule has 8 heteroatoms. The number of hydrazine groups is 1. The van der Waals surface area contributed by atoms with Gasteiger partial charge in [0.2, 0.25) is 5.95 Å². The summed E-state index contributed by atoms with van der Waals surface area (Å²) in [5.41, 5.74) is 3.25. The molecule has 0 atom stereocenters. The second-order valence-corrected chi connectivity index (χ2v) is 5.21. The number of anilines is 1. The zero-order valence-corrected chi connectivity index (χ0v) is 13.0. The van der Waals surface area contributed by atoms with E-state index in [9.17, 15) is 9.59 Å². The molecule has 0 spiro atoms. The van der Waals surface area contributed by atoms with Gasteiger partial charge in [0, 0.05) is 13.6 Å². The van der Waals surface area contributed by atoms with Gasteiger partial charge in [0.1, 0.15) is 0 Å². The van der Waals surface area contributed by atoms with E-state index in [1.165, 1.54) is 9.13 Å². The molecule has 8 nitrogen and oxygen atoms in total. The van der Waals surface area contributed by atoms with Crippen LogP contribution in [-0.4, -0.2) is 18.7 Å². The Bertz CT molecular complexity index is 968. The summed E-state index contributed by atoms with van der Waals surface area (Å²) in [5.74, 6) is 5.81. The Labute approximate surface area is 131 Å². The van der Waals surface area contributed by atoms with E-state index in [0.717, 1.165) is 5.56 Å². The average molecular weight is 314 g/mol. The predicted octanol–water partition coefficient (Wildman–Crippen LogP) is 0.250. The molecule has 23 heavy (non-hydrogen) atoms. The summed E-state index contributed by atoms with van der Waals surface area (Å²) in [7, 11) is 1.60. The Kier molecular flexibility index (Phi) is 3.75. The number of nitrogens with two attached hydrogens (primary N) is 1. The summed E-state index contributed by atoms with van der Waals surface area (Å²) >= 11 is 0. The van der Waals surface area contributed by atoms with Gasteiger partial charge in [0.15, 0.2) is 11.2 Å². The van der Waals surface area contributed by atoms with Crippen molar-refractivity contribution >= 4 is 17.1 Å². The number of rotatable bonds is 4. The zero-order chi connectivity index (χ0) is 16.6. The van der Waals surface area contributed by atoms with Crippen molar-refractivity contribution in [2.45, 2.75) is 20.0 Å². The summed E-state index contributed by atoms with van der Waals surface area (Å²) in [6, 6.07) is 9.38. The van der Waals surface area contributed by atoms with E-state index in [0.29, 0.717) is 23.7 Å². The molecular formula is C15H18N6O2. The minimum absolute atomic E-state index is 0.211. The SMILES string of the molecule is CCn1c(NN)nc2c1c(=O)n(Cc1ccccc1)c(=O)n2C. The maximum Gasteiger partial charge on any atom is 0.332 e. The summed E-state index contributed by atoms with van der Waals surface area (Å²) < 4.78 is 4.25. The lowest BCUT2D eigenvalue weighted by Crippen LogP contribution is -2.39. The van der Waals surface area contributed by atoms with Crippen molar-refractivity contribution < 1.29 is 0 Å². The van der Waals surface area contributed by atoms with Gasteiger partial charge in [0.05, 0.1) is 6.54 Å². The molecule has 0 saturated heterocycles. The molecular weight excluding hydrogens is 296 g/mol. The van der Waals surface area contributed by atoms with Crippen LogP contribution in [0.4, 0.5) is 5.95 Å². The minimum Gasteiger partial charge on any atom is -0.304 e. The third-order valence-corrected chi connectivity index (χ3v) is 3.86. The first-order valence-electron chi connectivity index (χ1n) is 7.29. The van der Waals surface area contributed by atoms with Crippen molar-refractivity contribution in [1.29, 1.82) is 0 Å². The van der Waals surface area contributed by atoms with Crippen LogP contribution >= 0.6 is 0 Å². The van der Waals surface area contributed by atoms with Crippen molar-refractivity contribution in [1.82, 2.24) is 18.7 Å². The second-order valence-electron chi connectivity index (χ2n) is 5.21. The van der Waals surface area contributed by atoms with Gasteiger partial charge in [-0.3, -0.25) is 19.4 Å². The van der Waals surface area contributed by atoms with E-state index < -0.39 is 5.69 Å². The number of fused-ring (bicyclic) bond motifs is 1. The zero-order valence-electron chi connectivity index (χ0n) is 13.0. The average Bonchev–Trinajstić information content (AvgIpc) is 2.96. The van der Waals surface area contributed by atoms with Gasteiger partial charge in [-0.2, -0.15) is 4.98 Å². The van der Waals surface area contributed by atoms with Gasteiger partial charge in [-0.15, -0.1) is 0 Å². The van der Waals surface area contributed by atoms with E-state index in [1.54, 1.807) is 11.6 Å². The molecule has 0 aliphatic rings. The molecule has 0 amide bonds. The van der Waals surface area contributed by atoms with E-state index >= 15 is 0 Å². The number of aryl methyl sites for hydroxylation is 2. The van der Waals surface area contributed by atoms with Gasteiger partial charge in [-0.05, 0) is 12.5 Å². The lowest BCUT2D eigenvalue weighted by Gasteiger charge is -2.09. The lowest BCUT2D eigenvalue weighted by molar-refractivity contribution is 0.652. The Hall–Kier alpha value is -2.87. The van der Waals surface area contributed by atoms with Crippen LogP contribution in [-0.2, 0) is 20.1 Å². The first-order chi connectivity index (χ1) is 11.1. The molecule has 0 aliphatic heterocycles. The van der Waals surface area contributed by atoms with Crippen molar-refractivity contribution in [3.05, 3.63) is 56.7 Å². The Morgan fingerprint density at radius 1 is 1.17 bits per heavy atom. The number of nitrogens with one attached hydrogen (secondary N) is 1. The number of nitrogens with zero attached hydrogens (tertiary/aromatic N) is 4. The van der Waals surface area contributed by atoms with Gasteiger partial charge in [0.25, 0.3) is 5.56 Å². The van der Waals surface area contributed by atoms with E-state index in [1.807, 2.05) is 37.3 Å². The minimum atomic E-state index is -0.407. The monoisotopic (exact) mass is 314 g/mol. The van der Waals surface area contributed by atoms with Gasteiger partial charge in [-0.1, -0.05) is 30.3 Å². The molecule has 0 aliphatic carbocycles. The second kappa shape index (κ2) is 5.73. The molecule has 120 valence electrons. The molecule has 2 heterocycles. The van der Waals surface area contributed by atoms with Crippen LogP contribution in [0.15, 0.2) is 39.9 Å². The number of aromatic nitrogens is 4. The molecule has 1 aromatic carbocycles. The van der Waals surface area contributed by atoms with Crippen LogP contribution in [0.3, 0.4) is 0 Å². The van der Waals surface area contributed by atoms with Crippen LogP contribution < -0.4 is 22.5 Å². The molecule has 3 aromatic rings. The number of benzene rings is 1. The van der Waals surface area contributed by atoms with E-state index in [2.05, 4.69) is 10.4 Å². The molecule has 0 unspecified atom stereocenters. The fourth-order valence-electron chi connectivity index (χ4n) is 2.70. The van der Waals surface area contributed by atoms with Crippen molar-refractivity contribution in [3.63, 3.8) is 0 Å². The fraction of sp³-hybridized carbons (Fsp3) is 0.267. The smallest absolute Gasteiger partial charge is 0.304 e. The van der Waals surface area contributed by atoms with Crippen LogP contribution in [0.2, 0.25) is 0 Å². The maximum absolute atomic E-state index is 12.8. The van der Waals surface area contributed by atoms with Crippen LogP contribution in [0.25, 0.3) is 11.2 Å². The number of hydrogen-bond acceptors (Lipinski definition) is 5. The van der Waals surface area contributed by atoms with E-state index in [4.69, 9.17) is 5.84 Å². The van der Waals surface area contributed by atoms with Gasteiger partial charge >= 0.3 is 5.69 Å². The van der Waals surface area contributed by atoms with Gasteiger partial charge in [-0.25, -0.2) is 10.6 Å². The number of imidazole rings is 1. The van der Waals surface area contributed by atoms with Crippen LogP contribution in [0.5, 0.6) is 0 Å². The molecule has 3 N–H and O–H groups in total. The molecule has 2 aromatic heterocycles. The Balaban J connectivity index is 2.31. The topological polar surface area (TPSA) is 99.9 Å². The normalized spacial score (nSPS) is 11.1. The molecule has 0 bridgehead atoms. The van der Waals surface area contributed by atoms with Crippen LogP contribution in [0.1, 0.15) is 12.5 Å². The first-order valence-corrected chi connectivity index (χ1v) is 7.29. The highest BCUT2D eigenvalue weighted by atomic mass is 16.2. The first kappa shape index (κ1) is 15.0. The van der Waals surface area contributed by atoms with Crippen molar-refractivity contribution in [3.8, 4) is 0 Å². The summed E-state index contributed by atoms with van der Waals surface area (Å²) in [6.45, 7) is 2.60. The Morgan fingerprint density at radius 3 is 2.48 bits per heavy atom. The molecule has 3 rings (SSSR count).